The first-order valence-corrected chi connectivity index (χ1v) is 13.8. The maximum absolute atomic E-state index is 13.7. The number of rotatable bonds is 12. The van der Waals surface area contributed by atoms with E-state index in [9.17, 15) is 18.0 Å². The van der Waals surface area contributed by atoms with E-state index in [-0.39, 0.29) is 18.1 Å². The maximum Gasteiger partial charge on any atom is 0.244 e. The largest absolute Gasteiger partial charge is 0.492 e. The Morgan fingerprint density at radius 1 is 1.09 bits per heavy atom. The zero-order valence-electron chi connectivity index (χ0n) is 20.3. The van der Waals surface area contributed by atoms with Crippen molar-refractivity contribution in [3.63, 3.8) is 0 Å². The minimum Gasteiger partial charge on any atom is -0.492 e. The lowest BCUT2D eigenvalue weighted by atomic mass is 10.1. The first kappa shape index (κ1) is 28.7. The highest BCUT2D eigenvalue weighted by Crippen LogP contribution is 2.30. The van der Waals surface area contributed by atoms with E-state index in [2.05, 4.69) is 5.32 Å². The normalized spacial score (nSPS) is 12.1. The molecule has 0 aliphatic heterocycles. The fraction of sp³-hybridized carbons (Fsp3) is 0.417. The second-order valence-electron chi connectivity index (χ2n) is 7.75. The lowest BCUT2D eigenvalue weighted by Gasteiger charge is -2.33. The van der Waals surface area contributed by atoms with Crippen LogP contribution in [0.3, 0.4) is 0 Å². The van der Waals surface area contributed by atoms with Gasteiger partial charge in [0.15, 0.2) is 0 Å². The highest BCUT2D eigenvalue weighted by molar-refractivity contribution is 7.92. The molecule has 0 radical (unpaired) electrons. The van der Waals surface area contributed by atoms with E-state index in [1.807, 2.05) is 0 Å². The monoisotopic (exact) mass is 543 g/mol. The number of hydrogen-bond donors (Lipinski definition) is 1. The zero-order valence-corrected chi connectivity index (χ0v) is 22.6. The van der Waals surface area contributed by atoms with Gasteiger partial charge in [-0.1, -0.05) is 48.3 Å². The van der Waals surface area contributed by atoms with Gasteiger partial charge in [0.25, 0.3) is 0 Å². The first-order chi connectivity index (χ1) is 16.5. The summed E-state index contributed by atoms with van der Waals surface area (Å²) in [7, 11) is -3.88. The predicted molar refractivity (Wildman–Crippen MR) is 140 cm³/mol. The van der Waals surface area contributed by atoms with Gasteiger partial charge in [-0.25, -0.2) is 8.42 Å². The Balaban J connectivity index is 2.51. The fourth-order valence-corrected chi connectivity index (χ4v) is 4.90. The van der Waals surface area contributed by atoms with Gasteiger partial charge in [0.2, 0.25) is 21.8 Å². The van der Waals surface area contributed by atoms with Crippen LogP contribution < -0.4 is 14.4 Å². The van der Waals surface area contributed by atoms with Crippen molar-refractivity contribution >= 4 is 50.7 Å². The van der Waals surface area contributed by atoms with Gasteiger partial charge in [0.05, 0.1) is 18.6 Å². The molecule has 2 aromatic carbocycles. The van der Waals surface area contributed by atoms with Crippen LogP contribution in [0.4, 0.5) is 5.69 Å². The van der Waals surface area contributed by atoms with Crippen LogP contribution in [0.25, 0.3) is 0 Å². The average Bonchev–Trinajstić information content (AvgIpc) is 2.79. The smallest absolute Gasteiger partial charge is 0.244 e. The standard InChI is InChI=1S/C24H31Cl2N3O5S/c1-5-20(24(31)27-6-2)28(15-17-12-13-18(25)14-19(17)26)23(30)16-29(35(4,32)33)21-10-8-9-11-22(21)34-7-3/h8-14,20H,5-7,15-16H2,1-4H3,(H,27,31)/t20-/m0/s1. The third-order valence-corrected chi connectivity index (χ3v) is 6.92. The van der Waals surface area contributed by atoms with Crippen LogP contribution in [-0.2, 0) is 26.2 Å². The molecule has 11 heteroatoms. The Morgan fingerprint density at radius 3 is 2.34 bits per heavy atom. The molecule has 0 heterocycles. The molecule has 0 aromatic heterocycles. The van der Waals surface area contributed by atoms with E-state index < -0.39 is 28.5 Å². The van der Waals surface area contributed by atoms with Crippen molar-refractivity contribution in [2.45, 2.75) is 39.8 Å². The Morgan fingerprint density at radius 2 is 1.77 bits per heavy atom. The second-order valence-corrected chi connectivity index (χ2v) is 10.5. The Bertz CT molecular complexity index is 1140. The van der Waals surface area contributed by atoms with Gasteiger partial charge in [-0.15, -0.1) is 0 Å². The van der Waals surface area contributed by atoms with Crippen LogP contribution in [0.2, 0.25) is 10.0 Å². The molecular weight excluding hydrogens is 513 g/mol. The van der Waals surface area contributed by atoms with Gasteiger partial charge in [0, 0.05) is 23.1 Å². The summed E-state index contributed by atoms with van der Waals surface area (Å²) >= 11 is 12.4. The Hall–Kier alpha value is -2.49. The molecule has 35 heavy (non-hydrogen) atoms. The van der Waals surface area contributed by atoms with Crippen LogP contribution in [0.1, 0.15) is 32.8 Å². The van der Waals surface area contributed by atoms with E-state index in [0.29, 0.717) is 40.9 Å². The number of nitrogens with zero attached hydrogens (tertiary/aromatic N) is 2. The third-order valence-electron chi connectivity index (χ3n) is 5.21. The topological polar surface area (TPSA) is 96.0 Å². The molecule has 1 atom stereocenters. The summed E-state index contributed by atoms with van der Waals surface area (Å²) in [6.07, 6.45) is 1.34. The molecule has 2 aromatic rings. The average molecular weight is 545 g/mol. The molecule has 192 valence electrons. The van der Waals surface area contributed by atoms with Gasteiger partial charge >= 0.3 is 0 Å². The fourth-order valence-electron chi connectivity index (χ4n) is 3.58. The zero-order chi connectivity index (χ0) is 26.2. The number of likely N-dealkylation sites (N-methyl/N-ethyl adjacent to an activating group) is 1. The van der Waals surface area contributed by atoms with Crippen LogP contribution >= 0.6 is 23.2 Å². The SMILES string of the molecule is CCNC(=O)[C@H](CC)N(Cc1ccc(Cl)cc1Cl)C(=O)CN(c1ccccc1OCC)S(C)(=O)=O. The summed E-state index contributed by atoms with van der Waals surface area (Å²) in [5.74, 6) is -0.573. The van der Waals surface area contributed by atoms with Gasteiger partial charge < -0.3 is 15.0 Å². The second kappa shape index (κ2) is 13.0. The lowest BCUT2D eigenvalue weighted by molar-refractivity contribution is -0.140. The molecule has 0 spiro atoms. The van der Waals surface area contributed by atoms with E-state index in [4.69, 9.17) is 27.9 Å². The van der Waals surface area contributed by atoms with Crippen LogP contribution in [0.5, 0.6) is 5.75 Å². The van der Waals surface area contributed by atoms with Crippen molar-refractivity contribution in [1.82, 2.24) is 10.2 Å². The number of ether oxygens (including phenoxy) is 1. The lowest BCUT2D eigenvalue weighted by Crippen LogP contribution is -2.52. The number of anilines is 1. The van der Waals surface area contributed by atoms with Gasteiger partial charge in [-0.3, -0.25) is 13.9 Å². The summed E-state index contributed by atoms with van der Waals surface area (Å²) in [6, 6.07) is 10.6. The molecule has 0 bridgehead atoms. The van der Waals surface area contributed by atoms with E-state index in [1.165, 1.54) is 4.90 Å². The van der Waals surface area contributed by atoms with Crippen LogP contribution in [0.15, 0.2) is 42.5 Å². The minimum absolute atomic E-state index is 0.00478. The van der Waals surface area contributed by atoms with Gasteiger partial charge in [-0.05, 0) is 50.1 Å². The maximum atomic E-state index is 13.7. The Kier molecular flexibility index (Phi) is 10.7. The van der Waals surface area contributed by atoms with Gasteiger partial charge in [-0.2, -0.15) is 0 Å². The van der Waals surface area contributed by atoms with E-state index in [0.717, 1.165) is 10.6 Å². The summed E-state index contributed by atoms with van der Waals surface area (Å²) in [4.78, 5) is 27.8. The summed E-state index contributed by atoms with van der Waals surface area (Å²) in [6.45, 7) is 5.52. The number of nitrogens with one attached hydrogen (secondary N) is 1. The molecule has 8 nitrogen and oxygen atoms in total. The van der Waals surface area contributed by atoms with Crippen LogP contribution in [-0.4, -0.2) is 57.1 Å². The number of para-hydroxylation sites is 2. The van der Waals surface area contributed by atoms with E-state index >= 15 is 0 Å². The minimum atomic E-state index is -3.88. The molecule has 2 amide bonds. The summed E-state index contributed by atoms with van der Waals surface area (Å²) in [5.41, 5.74) is 0.813. The molecule has 0 saturated heterocycles. The van der Waals surface area contributed by atoms with Crippen molar-refractivity contribution in [1.29, 1.82) is 0 Å². The molecular formula is C24H31Cl2N3O5S. The first-order valence-electron chi connectivity index (χ1n) is 11.2. The molecule has 1 N–H and O–H groups in total. The van der Waals surface area contributed by atoms with Crippen LogP contribution in [0, 0.1) is 0 Å². The molecule has 0 fully saturated rings. The molecule has 0 aliphatic carbocycles. The number of sulfonamides is 1. The highest BCUT2D eigenvalue weighted by atomic mass is 35.5. The number of carbonyl (C=O) groups excluding carboxylic acids is 2. The quantitative estimate of drug-likeness (QED) is 0.434. The van der Waals surface area contributed by atoms with E-state index in [1.54, 1.807) is 63.2 Å². The number of halogens is 2. The van der Waals surface area contributed by atoms with Crippen molar-refractivity contribution in [2.75, 3.05) is 30.3 Å². The molecule has 0 unspecified atom stereocenters. The van der Waals surface area contributed by atoms with Crippen molar-refractivity contribution in [2.24, 2.45) is 0 Å². The molecule has 2 rings (SSSR count). The number of amides is 2. The highest BCUT2D eigenvalue weighted by Gasteiger charge is 2.32. The van der Waals surface area contributed by atoms with Crippen molar-refractivity contribution in [3.8, 4) is 5.75 Å². The molecule has 0 aliphatic rings. The van der Waals surface area contributed by atoms with Crippen molar-refractivity contribution in [3.05, 3.63) is 58.1 Å². The predicted octanol–water partition coefficient (Wildman–Crippen LogP) is 4.10. The van der Waals surface area contributed by atoms with Crippen molar-refractivity contribution < 1.29 is 22.7 Å². The Labute approximate surface area is 217 Å². The molecule has 0 saturated carbocycles. The third kappa shape index (κ3) is 7.75. The van der Waals surface area contributed by atoms with Gasteiger partial charge in [0.1, 0.15) is 18.3 Å². The number of hydrogen-bond acceptors (Lipinski definition) is 5. The number of carbonyl (C=O) groups is 2. The summed E-state index contributed by atoms with van der Waals surface area (Å²) in [5, 5.41) is 3.51. The number of benzene rings is 2. The summed E-state index contributed by atoms with van der Waals surface area (Å²) < 4.78 is 32.1.